The Labute approximate surface area is 116 Å². The topological polar surface area (TPSA) is 66.8 Å². The van der Waals surface area contributed by atoms with Gasteiger partial charge in [0.05, 0.1) is 18.6 Å². The first-order valence-corrected chi connectivity index (χ1v) is 6.38. The van der Waals surface area contributed by atoms with E-state index in [-0.39, 0.29) is 12.1 Å². The first kappa shape index (κ1) is 14.3. The van der Waals surface area contributed by atoms with Gasteiger partial charge in [-0.2, -0.15) is 0 Å². The van der Waals surface area contributed by atoms with Crippen LogP contribution in [-0.4, -0.2) is 42.1 Å². The molecule has 1 aliphatic rings. The fraction of sp³-hybridized carbons (Fsp3) is 0.429. The lowest BCUT2D eigenvalue weighted by molar-refractivity contribution is -0.143. The van der Waals surface area contributed by atoms with E-state index in [9.17, 15) is 14.0 Å². The maximum Gasteiger partial charge on any atom is 0.308 e. The molecule has 5 nitrogen and oxygen atoms in total. The van der Waals surface area contributed by atoms with Crippen LogP contribution in [0.1, 0.15) is 23.2 Å². The third kappa shape index (κ3) is 2.89. The number of benzene rings is 1. The summed E-state index contributed by atoms with van der Waals surface area (Å²) < 4.78 is 18.7. The van der Waals surface area contributed by atoms with Gasteiger partial charge in [-0.05, 0) is 25.0 Å². The zero-order chi connectivity index (χ0) is 14.7. The van der Waals surface area contributed by atoms with Crippen molar-refractivity contribution in [3.05, 3.63) is 29.6 Å². The SMILES string of the molecule is COc1ccc(C(=O)N2CCC[C@@H](C(=O)O)C2)c(F)c1. The number of carbonyl (C=O) groups excluding carboxylic acids is 1. The molecular formula is C14H16FNO4. The summed E-state index contributed by atoms with van der Waals surface area (Å²) in [5.74, 6) is -2.30. The molecule has 0 spiro atoms. The molecule has 0 unspecified atom stereocenters. The Bertz CT molecular complexity index is 532. The Morgan fingerprint density at radius 2 is 2.20 bits per heavy atom. The van der Waals surface area contributed by atoms with E-state index in [1.165, 1.54) is 24.1 Å². The number of amides is 1. The molecule has 1 aromatic carbocycles. The standard InChI is InChI=1S/C14H16FNO4/c1-20-10-4-5-11(12(15)7-10)13(17)16-6-2-3-9(8-16)14(18)19/h4-5,7,9H,2-3,6,8H2,1H3,(H,18,19)/t9-/m1/s1. The van der Waals surface area contributed by atoms with Gasteiger partial charge in [0, 0.05) is 19.2 Å². The molecule has 0 radical (unpaired) electrons. The molecule has 1 heterocycles. The molecule has 108 valence electrons. The molecule has 0 aromatic heterocycles. The summed E-state index contributed by atoms with van der Waals surface area (Å²) in [6.45, 7) is 0.577. The van der Waals surface area contributed by atoms with E-state index in [4.69, 9.17) is 9.84 Å². The van der Waals surface area contributed by atoms with Crippen LogP contribution in [0.5, 0.6) is 5.75 Å². The molecule has 0 saturated carbocycles. The Balaban J connectivity index is 2.16. The van der Waals surface area contributed by atoms with Crippen LogP contribution in [0, 0.1) is 11.7 Å². The smallest absolute Gasteiger partial charge is 0.308 e. The van der Waals surface area contributed by atoms with Gasteiger partial charge in [-0.3, -0.25) is 9.59 Å². The average Bonchev–Trinajstić information content (AvgIpc) is 2.46. The average molecular weight is 281 g/mol. The second-order valence-corrected chi connectivity index (χ2v) is 4.77. The number of nitrogens with zero attached hydrogens (tertiary/aromatic N) is 1. The van der Waals surface area contributed by atoms with Crippen molar-refractivity contribution >= 4 is 11.9 Å². The summed E-state index contributed by atoms with van der Waals surface area (Å²) >= 11 is 0. The number of carboxylic acids is 1. The summed E-state index contributed by atoms with van der Waals surface area (Å²) in [5, 5.41) is 9.00. The highest BCUT2D eigenvalue weighted by Crippen LogP contribution is 2.22. The van der Waals surface area contributed by atoms with Crippen LogP contribution >= 0.6 is 0 Å². The number of carboxylic acid groups (broad SMARTS) is 1. The minimum Gasteiger partial charge on any atom is -0.497 e. The molecular weight excluding hydrogens is 265 g/mol. The molecule has 1 amide bonds. The van der Waals surface area contributed by atoms with Crippen LogP contribution in [0.25, 0.3) is 0 Å². The van der Waals surface area contributed by atoms with Crippen molar-refractivity contribution in [2.24, 2.45) is 5.92 Å². The molecule has 2 rings (SSSR count). The summed E-state index contributed by atoms with van der Waals surface area (Å²) in [5.41, 5.74) is -0.0585. The molecule has 1 aromatic rings. The largest absolute Gasteiger partial charge is 0.497 e. The lowest BCUT2D eigenvalue weighted by Crippen LogP contribution is -2.42. The van der Waals surface area contributed by atoms with Gasteiger partial charge in [0.2, 0.25) is 0 Å². The Kier molecular flexibility index (Phi) is 4.22. The van der Waals surface area contributed by atoms with E-state index in [2.05, 4.69) is 0 Å². The Morgan fingerprint density at radius 1 is 1.45 bits per heavy atom. The number of hydrogen-bond acceptors (Lipinski definition) is 3. The molecule has 20 heavy (non-hydrogen) atoms. The van der Waals surface area contributed by atoms with Crippen LogP contribution in [0.3, 0.4) is 0 Å². The van der Waals surface area contributed by atoms with E-state index >= 15 is 0 Å². The van der Waals surface area contributed by atoms with Gasteiger partial charge in [0.1, 0.15) is 11.6 Å². The summed E-state index contributed by atoms with van der Waals surface area (Å²) in [6, 6.07) is 4.02. The summed E-state index contributed by atoms with van der Waals surface area (Å²) in [7, 11) is 1.42. The second kappa shape index (κ2) is 5.90. The number of likely N-dealkylation sites (tertiary alicyclic amines) is 1. The normalized spacial score (nSPS) is 18.7. The molecule has 1 N–H and O–H groups in total. The quantitative estimate of drug-likeness (QED) is 0.917. The highest BCUT2D eigenvalue weighted by molar-refractivity contribution is 5.95. The van der Waals surface area contributed by atoms with Gasteiger partial charge in [0.25, 0.3) is 5.91 Å². The van der Waals surface area contributed by atoms with Crippen molar-refractivity contribution in [1.82, 2.24) is 4.90 Å². The minimum atomic E-state index is -0.919. The minimum absolute atomic E-state index is 0.0585. The molecule has 1 fully saturated rings. The number of hydrogen-bond donors (Lipinski definition) is 1. The lowest BCUT2D eigenvalue weighted by atomic mass is 9.97. The number of rotatable bonds is 3. The molecule has 0 aliphatic carbocycles. The van der Waals surface area contributed by atoms with Crippen molar-refractivity contribution in [1.29, 1.82) is 0 Å². The molecule has 1 aliphatic heterocycles. The van der Waals surface area contributed by atoms with Crippen molar-refractivity contribution in [3.63, 3.8) is 0 Å². The summed E-state index contributed by atoms with van der Waals surface area (Å²) in [6.07, 6.45) is 1.16. The zero-order valence-corrected chi connectivity index (χ0v) is 11.1. The maximum atomic E-state index is 13.9. The van der Waals surface area contributed by atoms with Crippen LogP contribution in [0.4, 0.5) is 4.39 Å². The van der Waals surface area contributed by atoms with E-state index in [1.54, 1.807) is 0 Å². The third-order valence-electron chi connectivity index (χ3n) is 3.46. The molecule has 1 saturated heterocycles. The number of piperidine rings is 1. The van der Waals surface area contributed by atoms with Crippen molar-refractivity contribution in [2.75, 3.05) is 20.2 Å². The monoisotopic (exact) mass is 281 g/mol. The van der Waals surface area contributed by atoms with E-state index in [0.29, 0.717) is 25.1 Å². The molecule has 6 heteroatoms. The first-order chi connectivity index (χ1) is 9.52. The third-order valence-corrected chi connectivity index (χ3v) is 3.46. The number of methoxy groups -OCH3 is 1. The maximum absolute atomic E-state index is 13.9. The molecule has 1 atom stereocenters. The Morgan fingerprint density at radius 3 is 2.80 bits per heavy atom. The van der Waals surface area contributed by atoms with Crippen LogP contribution in [0.2, 0.25) is 0 Å². The van der Waals surface area contributed by atoms with Gasteiger partial charge in [-0.15, -0.1) is 0 Å². The zero-order valence-electron chi connectivity index (χ0n) is 11.1. The van der Waals surface area contributed by atoms with Crippen LogP contribution < -0.4 is 4.74 Å². The van der Waals surface area contributed by atoms with Crippen LogP contribution in [-0.2, 0) is 4.79 Å². The first-order valence-electron chi connectivity index (χ1n) is 6.38. The molecule has 0 bridgehead atoms. The fourth-order valence-corrected chi connectivity index (χ4v) is 2.33. The number of aliphatic carboxylic acids is 1. The Hall–Kier alpha value is -2.11. The van der Waals surface area contributed by atoms with Crippen molar-refractivity contribution in [3.8, 4) is 5.75 Å². The highest BCUT2D eigenvalue weighted by Gasteiger charge is 2.29. The highest BCUT2D eigenvalue weighted by atomic mass is 19.1. The van der Waals surface area contributed by atoms with Crippen LogP contribution in [0.15, 0.2) is 18.2 Å². The van der Waals surface area contributed by atoms with Gasteiger partial charge >= 0.3 is 5.97 Å². The number of carbonyl (C=O) groups is 2. The lowest BCUT2D eigenvalue weighted by Gasteiger charge is -2.30. The number of ether oxygens (including phenoxy) is 1. The van der Waals surface area contributed by atoms with E-state index in [1.807, 2.05) is 0 Å². The fourth-order valence-electron chi connectivity index (χ4n) is 2.33. The van der Waals surface area contributed by atoms with Gasteiger partial charge in [-0.25, -0.2) is 4.39 Å². The van der Waals surface area contributed by atoms with E-state index in [0.717, 1.165) is 6.07 Å². The second-order valence-electron chi connectivity index (χ2n) is 4.77. The number of halogens is 1. The van der Waals surface area contributed by atoms with E-state index < -0.39 is 23.6 Å². The van der Waals surface area contributed by atoms with Crippen molar-refractivity contribution in [2.45, 2.75) is 12.8 Å². The van der Waals surface area contributed by atoms with Gasteiger partial charge < -0.3 is 14.7 Å². The van der Waals surface area contributed by atoms with Gasteiger partial charge in [0.15, 0.2) is 0 Å². The van der Waals surface area contributed by atoms with Gasteiger partial charge in [-0.1, -0.05) is 0 Å². The summed E-state index contributed by atoms with van der Waals surface area (Å²) in [4.78, 5) is 24.6. The predicted octanol–water partition coefficient (Wildman–Crippen LogP) is 1.77. The van der Waals surface area contributed by atoms with Crippen molar-refractivity contribution < 1.29 is 23.8 Å². The predicted molar refractivity (Wildman–Crippen MR) is 69.2 cm³/mol.